The van der Waals surface area contributed by atoms with Gasteiger partial charge in [-0.1, -0.05) is 0 Å². The van der Waals surface area contributed by atoms with Gasteiger partial charge in [-0.2, -0.15) is 0 Å². The Hall–Kier alpha value is 0.690. The summed E-state index contributed by atoms with van der Waals surface area (Å²) >= 11 is 1.13. The molecule has 0 aromatic heterocycles. The van der Waals surface area contributed by atoms with Crippen LogP contribution in [0.4, 0.5) is 4.20 Å². The van der Waals surface area contributed by atoms with Crippen molar-refractivity contribution in [1.82, 2.24) is 0 Å². The quantitative estimate of drug-likeness (QED) is 0.269. The molecule has 0 aliphatic carbocycles. The van der Waals surface area contributed by atoms with Crippen molar-refractivity contribution in [3.63, 3.8) is 0 Å². The lowest BCUT2D eigenvalue weighted by molar-refractivity contribution is 0.000209. The van der Waals surface area contributed by atoms with Crippen molar-refractivity contribution < 1.29 is 32.2 Å². The molecule has 0 saturated heterocycles. The maximum absolute atomic E-state index is 12.4. The van der Waals surface area contributed by atoms with Gasteiger partial charge in [0.1, 0.15) is 0 Å². The van der Waals surface area contributed by atoms with Gasteiger partial charge in [0.25, 0.3) is 0 Å². The Kier molecular flexibility index (Phi) is 13.2. The predicted molar refractivity (Wildman–Crippen MR) is 73.0 cm³/mol. The van der Waals surface area contributed by atoms with Crippen LogP contribution in [0.25, 0.3) is 0 Å². The normalized spacial score (nSPS) is 14.6. The van der Waals surface area contributed by atoms with Crippen molar-refractivity contribution in [3.8, 4) is 0 Å². The van der Waals surface area contributed by atoms with Gasteiger partial charge < -0.3 is 18.9 Å². The molecule has 0 fully saturated rings. The van der Waals surface area contributed by atoms with E-state index in [0.29, 0.717) is 39.6 Å². The van der Waals surface area contributed by atoms with Crippen LogP contribution in [0.5, 0.6) is 0 Å². The van der Waals surface area contributed by atoms with Crippen LogP contribution in [0.1, 0.15) is 0 Å². The number of methoxy groups -OCH3 is 1. The van der Waals surface area contributed by atoms with E-state index in [1.54, 1.807) is 7.11 Å². The van der Waals surface area contributed by atoms with Gasteiger partial charge in [-0.25, -0.2) is 4.57 Å². The first-order chi connectivity index (χ1) is 8.56. The van der Waals surface area contributed by atoms with E-state index in [0.717, 1.165) is 22.0 Å². The molecule has 18 heavy (non-hydrogen) atoms. The molecule has 0 aromatic carbocycles. The van der Waals surface area contributed by atoms with Crippen molar-refractivity contribution in [3.05, 3.63) is 0 Å². The van der Waals surface area contributed by atoms with Gasteiger partial charge in [-0.15, -0.1) is 4.20 Å². The molecule has 110 valence electrons. The summed E-state index contributed by atoms with van der Waals surface area (Å²) in [5.41, 5.74) is 0. The zero-order valence-electron chi connectivity index (χ0n) is 10.3. The van der Waals surface area contributed by atoms with Crippen molar-refractivity contribution in [1.29, 1.82) is 0 Å². The molecule has 0 saturated carbocycles. The Morgan fingerprint density at radius 1 is 0.889 bits per heavy atom. The molecule has 0 amide bonds. The standard InChI is InChI=1S/C9H19FIO6P/c1-13-2-3-14-4-5-15-6-7-16-8-9-17-18(10,11)12/h2-9H2,1H3. The van der Waals surface area contributed by atoms with Gasteiger partial charge in [0.05, 0.1) is 74.9 Å². The molecule has 0 aromatic rings. The third-order valence-corrected chi connectivity index (χ3v) is 2.96. The Bertz CT molecular complexity index is 227. The minimum absolute atomic E-state index is 0.0309. The second kappa shape index (κ2) is 12.7. The number of halogens is 2. The average Bonchev–Trinajstić information content (AvgIpc) is 2.29. The van der Waals surface area contributed by atoms with Crippen LogP contribution < -0.4 is 0 Å². The second-order valence-corrected chi connectivity index (χ2v) is 7.62. The summed E-state index contributed by atoms with van der Waals surface area (Å²) in [5.74, 6) is 0. The largest absolute Gasteiger partial charge is 0.424 e. The third kappa shape index (κ3) is 16.7. The number of hydrogen-bond acceptors (Lipinski definition) is 6. The third-order valence-electron chi connectivity index (χ3n) is 1.65. The van der Waals surface area contributed by atoms with Gasteiger partial charge >= 0.3 is 5.32 Å². The monoisotopic (exact) mass is 400 g/mol. The van der Waals surface area contributed by atoms with Crippen molar-refractivity contribution in [2.45, 2.75) is 0 Å². The lowest BCUT2D eigenvalue weighted by atomic mass is 10.7. The highest BCUT2D eigenvalue weighted by Crippen LogP contribution is 2.57. The first-order valence-corrected chi connectivity index (χ1v) is 9.72. The number of hydrogen-bond donors (Lipinski definition) is 0. The van der Waals surface area contributed by atoms with Crippen molar-refractivity contribution in [2.75, 3.05) is 60.0 Å². The molecule has 0 rings (SSSR count). The molecule has 9 heteroatoms. The SMILES string of the molecule is COCCOCCOCCOCCOP(=O)(F)I. The summed E-state index contributed by atoms with van der Waals surface area (Å²) in [7, 11) is 1.61. The van der Waals surface area contributed by atoms with Crippen LogP contribution >= 0.6 is 27.4 Å². The Labute approximate surface area is 119 Å². The van der Waals surface area contributed by atoms with E-state index in [-0.39, 0.29) is 13.2 Å². The molecular weight excluding hydrogens is 381 g/mol. The van der Waals surface area contributed by atoms with Crippen molar-refractivity contribution in [2.24, 2.45) is 0 Å². The Balaban J connectivity index is 3.01. The van der Waals surface area contributed by atoms with E-state index in [9.17, 15) is 8.76 Å². The molecule has 1 atom stereocenters. The maximum Gasteiger partial charge on any atom is 0.424 e. The first-order valence-electron chi connectivity index (χ1n) is 5.42. The van der Waals surface area contributed by atoms with Crippen LogP contribution in [0.2, 0.25) is 0 Å². The molecule has 0 radical (unpaired) electrons. The van der Waals surface area contributed by atoms with Crippen LogP contribution in [0.3, 0.4) is 0 Å². The molecule has 0 N–H and O–H groups in total. The highest BCUT2D eigenvalue weighted by Gasteiger charge is 2.14. The van der Waals surface area contributed by atoms with E-state index < -0.39 is 5.32 Å². The summed E-state index contributed by atoms with van der Waals surface area (Å²) in [5, 5.41) is -3.91. The summed E-state index contributed by atoms with van der Waals surface area (Å²) in [4.78, 5) is 0. The summed E-state index contributed by atoms with van der Waals surface area (Å²) in [6, 6.07) is 0. The molecule has 0 aliphatic rings. The molecule has 6 nitrogen and oxygen atoms in total. The summed E-state index contributed by atoms with van der Waals surface area (Å²) in [6.45, 7) is 3.06. The molecule has 0 aliphatic heterocycles. The fourth-order valence-electron chi connectivity index (χ4n) is 0.887. The zero-order valence-corrected chi connectivity index (χ0v) is 13.4. The minimum Gasteiger partial charge on any atom is -0.382 e. The Morgan fingerprint density at radius 2 is 1.28 bits per heavy atom. The van der Waals surface area contributed by atoms with Gasteiger partial charge in [0.2, 0.25) is 0 Å². The van der Waals surface area contributed by atoms with E-state index in [2.05, 4.69) is 4.52 Å². The fraction of sp³-hybridized carbons (Fsp3) is 1.00. The van der Waals surface area contributed by atoms with E-state index in [4.69, 9.17) is 18.9 Å². The second-order valence-electron chi connectivity index (χ2n) is 3.08. The zero-order chi connectivity index (χ0) is 13.7. The number of ether oxygens (including phenoxy) is 4. The average molecular weight is 400 g/mol. The first kappa shape index (κ1) is 18.7. The van der Waals surface area contributed by atoms with Gasteiger partial charge in [-0.3, -0.25) is 4.52 Å². The van der Waals surface area contributed by atoms with Crippen LogP contribution in [0, 0.1) is 0 Å². The topological polar surface area (TPSA) is 63.2 Å². The van der Waals surface area contributed by atoms with Gasteiger partial charge in [0.15, 0.2) is 0 Å². The molecule has 0 heterocycles. The molecular formula is C9H19FIO6P. The molecule has 0 spiro atoms. The van der Waals surface area contributed by atoms with Crippen LogP contribution in [-0.4, -0.2) is 60.0 Å². The van der Waals surface area contributed by atoms with E-state index in [1.807, 2.05) is 0 Å². The Morgan fingerprint density at radius 3 is 1.67 bits per heavy atom. The van der Waals surface area contributed by atoms with Gasteiger partial charge in [0, 0.05) is 7.11 Å². The van der Waals surface area contributed by atoms with E-state index >= 15 is 0 Å². The fourth-order valence-corrected chi connectivity index (χ4v) is 1.76. The highest BCUT2D eigenvalue weighted by molar-refractivity contribution is 14.2. The maximum atomic E-state index is 12.4. The highest BCUT2D eigenvalue weighted by atomic mass is 127. The number of rotatable bonds is 13. The summed E-state index contributed by atoms with van der Waals surface area (Å²) < 4.78 is 47.5. The lowest BCUT2D eigenvalue weighted by Gasteiger charge is -2.07. The van der Waals surface area contributed by atoms with E-state index in [1.165, 1.54) is 0 Å². The predicted octanol–water partition coefficient (Wildman–Crippen LogP) is 2.21. The molecule has 1 unspecified atom stereocenters. The van der Waals surface area contributed by atoms with Gasteiger partial charge in [-0.05, 0) is 0 Å². The lowest BCUT2D eigenvalue weighted by Crippen LogP contribution is -2.12. The molecule has 0 bridgehead atoms. The van der Waals surface area contributed by atoms with Crippen molar-refractivity contribution >= 4 is 27.4 Å². The summed E-state index contributed by atoms with van der Waals surface area (Å²) in [6.07, 6.45) is 0. The minimum atomic E-state index is -3.91. The van der Waals surface area contributed by atoms with Crippen LogP contribution in [-0.2, 0) is 28.0 Å². The smallest absolute Gasteiger partial charge is 0.382 e. The van der Waals surface area contributed by atoms with Crippen LogP contribution in [0.15, 0.2) is 0 Å².